The van der Waals surface area contributed by atoms with Gasteiger partial charge >= 0.3 is 11.9 Å². The Balaban J connectivity index is 1.29. The Kier molecular flexibility index (Phi) is 7.63. The molecule has 1 N–H and O–H groups in total. The molecule has 2 aromatic rings. The van der Waals surface area contributed by atoms with Gasteiger partial charge in [0.1, 0.15) is 11.4 Å². The van der Waals surface area contributed by atoms with Crippen LogP contribution in [-0.4, -0.2) is 49.3 Å². The van der Waals surface area contributed by atoms with E-state index >= 15 is 0 Å². The molecule has 1 aromatic carbocycles. The summed E-state index contributed by atoms with van der Waals surface area (Å²) in [6.07, 6.45) is 3.73. The highest BCUT2D eigenvalue weighted by atomic mass is 16.6. The van der Waals surface area contributed by atoms with Crippen molar-refractivity contribution < 1.29 is 19.1 Å². The van der Waals surface area contributed by atoms with E-state index in [9.17, 15) is 9.59 Å². The SMILES string of the molecule is COC(=O)[C@@H](CC(=O)OC(C)(C)C)Cc1ccc(N2CC(Cc3ccc4c(n3)NCCC4)C2)cc1. The number of carbonyl (C=O) groups is 2. The molecule has 0 radical (unpaired) electrons. The number of aryl methyl sites for hydroxylation is 1. The van der Waals surface area contributed by atoms with Gasteiger partial charge in [0.05, 0.1) is 19.4 Å². The van der Waals surface area contributed by atoms with Crippen molar-refractivity contribution in [3.8, 4) is 0 Å². The maximum atomic E-state index is 12.3. The first-order valence-corrected chi connectivity index (χ1v) is 12.6. The number of hydrogen-bond donors (Lipinski definition) is 1. The maximum Gasteiger partial charge on any atom is 0.309 e. The van der Waals surface area contributed by atoms with Gasteiger partial charge in [0.25, 0.3) is 0 Å². The van der Waals surface area contributed by atoms with Crippen LogP contribution in [0.2, 0.25) is 0 Å². The lowest BCUT2D eigenvalue weighted by molar-refractivity contribution is -0.160. The topological polar surface area (TPSA) is 80.8 Å². The van der Waals surface area contributed by atoms with Crippen LogP contribution >= 0.6 is 0 Å². The summed E-state index contributed by atoms with van der Waals surface area (Å²) in [6, 6.07) is 12.7. The van der Waals surface area contributed by atoms with Crippen molar-refractivity contribution in [1.82, 2.24) is 4.98 Å². The van der Waals surface area contributed by atoms with Gasteiger partial charge in [0.15, 0.2) is 0 Å². The summed E-state index contributed by atoms with van der Waals surface area (Å²) < 4.78 is 10.3. The summed E-state index contributed by atoms with van der Waals surface area (Å²) in [4.78, 5) is 31.7. The molecule has 1 aromatic heterocycles. The summed E-state index contributed by atoms with van der Waals surface area (Å²) in [6.45, 7) is 8.48. The third-order valence-electron chi connectivity index (χ3n) is 6.56. The van der Waals surface area contributed by atoms with E-state index in [-0.39, 0.29) is 12.4 Å². The molecule has 2 aliphatic heterocycles. The van der Waals surface area contributed by atoms with Crippen molar-refractivity contribution in [2.45, 2.75) is 58.5 Å². The number of hydrogen-bond acceptors (Lipinski definition) is 7. The minimum Gasteiger partial charge on any atom is -0.469 e. The summed E-state index contributed by atoms with van der Waals surface area (Å²) >= 11 is 0. The molecule has 0 spiro atoms. The second kappa shape index (κ2) is 10.7. The number of aromatic nitrogens is 1. The van der Waals surface area contributed by atoms with Gasteiger partial charge in [-0.2, -0.15) is 0 Å². The van der Waals surface area contributed by atoms with Crippen molar-refractivity contribution in [3.05, 3.63) is 53.2 Å². The number of anilines is 2. The number of fused-ring (bicyclic) bond motifs is 1. The molecule has 188 valence electrons. The standard InChI is InChI=1S/C28H37N3O4/c1-28(2,3)35-25(32)16-22(27(33)34-4)14-19-7-11-24(12-8-19)31-17-20(18-31)15-23-10-9-21-6-5-13-29-26(21)30-23/h7-12,20,22H,5-6,13-18H2,1-4H3,(H,29,30)/t22-/m1/s1. The van der Waals surface area contributed by atoms with Crippen molar-refractivity contribution in [2.24, 2.45) is 11.8 Å². The average Bonchev–Trinajstić information content (AvgIpc) is 2.79. The van der Waals surface area contributed by atoms with E-state index < -0.39 is 17.5 Å². The first-order chi connectivity index (χ1) is 16.7. The lowest BCUT2D eigenvalue weighted by Crippen LogP contribution is -2.47. The summed E-state index contributed by atoms with van der Waals surface area (Å²) in [7, 11) is 1.35. The highest BCUT2D eigenvalue weighted by Gasteiger charge is 2.29. The second-order valence-corrected chi connectivity index (χ2v) is 10.7. The number of ether oxygens (including phenoxy) is 2. The molecule has 1 fully saturated rings. The second-order valence-electron chi connectivity index (χ2n) is 10.7. The third-order valence-corrected chi connectivity index (χ3v) is 6.56. The quantitative estimate of drug-likeness (QED) is 0.569. The molecule has 0 bridgehead atoms. The zero-order chi connectivity index (χ0) is 25.0. The number of rotatable bonds is 8. The number of nitrogens with one attached hydrogen (secondary N) is 1. The van der Waals surface area contributed by atoms with Gasteiger partial charge in [-0.1, -0.05) is 18.2 Å². The number of benzene rings is 1. The first kappa shape index (κ1) is 25.0. The number of nitrogens with zero attached hydrogens (tertiary/aromatic N) is 2. The number of carbonyl (C=O) groups excluding carboxylic acids is 2. The molecule has 7 nitrogen and oxygen atoms in total. The monoisotopic (exact) mass is 479 g/mol. The predicted octanol–water partition coefficient (Wildman–Crippen LogP) is 4.18. The zero-order valence-corrected chi connectivity index (χ0v) is 21.3. The van der Waals surface area contributed by atoms with Gasteiger partial charge in [-0.25, -0.2) is 4.98 Å². The van der Waals surface area contributed by atoms with Crippen molar-refractivity contribution >= 4 is 23.4 Å². The Morgan fingerprint density at radius 3 is 2.57 bits per heavy atom. The fourth-order valence-corrected chi connectivity index (χ4v) is 4.81. The fraction of sp³-hybridized carbons (Fsp3) is 0.536. The van der Waals surface area contributed by atoms with Gasteiger partial charge in [-0.05, 0) is 81.7 Å². The maximum absolute atomic E-state index is 12.3. The largest absolute Gasteiger partial charge is 0.469 e. The number of pyridine rings is 1. The Labute approximate surface area is 208 Å². The van der Waals surface area contributed by atoms with Crippen molar-refractivity contribution in [1.29, 1.82) is 0 Å². The molecule has 0 unspecified atom stereocenters. The first-order valence-electron chi connectivity index (χ1n) is 12.6. The van der Waals surface area contributed by atoms with E-state index in [1.165, 1.54) is 24.8 Å². The van der Waals surface area contributed by atoms with E-state index in [2.05, 4.69) is 34.5 Å². The Bertz CT molecular complexity index is 1040. The van der Waals surface area contributed by atoms with Gasteiger partial charge in [-0.3, -0.25) is 9.59 Å². The third kappa shape index (κ3) is 6.74. The lowest BCUT2D eigenvalue weighted by Gasteiger charge is -2.41. The lowest BCUT2D eigenvalue weighted by atomic mass is 9.92. The van der Waals surface area contributed by atoms with Crippen LogP contribution < -0.4 is 10.2 Å². The van der Waals surface area contributed by atoms with E-state index in [4.69, 9.17) is 14.5 Å². The van der Waals surface area contributed by atoms with E-state index in [1.54, 1.807) is 0 Å². The van der Waals surface area contributed by atoms with Crippen LogP contribution in [0.1, 0.15) is 50.4 Å². The Morgan fingerprint density at radius 2 is 1.89 bits per heavy atom. The highest BCUT2D eigenvalue weighted by molar-refractivity contribution is 5.80. The van der Waals surface area contributed by atoms with Gasteiger partial charge in [-0.15, -0.1) is 0 Å². The Hall–Kier alpha value is -3.09. The van der Waals surface area contributed by atoms with Crippen LogP contribution in [0.3, 0.4) is 0 Å². The summed E-state index contributed by atoms with van der Waals surface area (Å²) in [5.41, 5.74) is 4.08. The minimum atomic E-state index is -0.582. The molecule has 2 aliphatic rings. The van der Waals surface area contributed by atoms with Crippen LogP contribution in [0, 0.1) is 11.8 Å². The van der Waals surface area contributed by atoms with Crippen LogP contribution in [0.25, 0.3) is 0 Å². The minimum absolute atomic E-state index is 0.00570. The molecule has 35 heavy (non-hydrogen) atoms. The molecule has 7 heteroatoms. The number of esters is 2. The molecule has 0 aliphatic carbocycles. The molecule has 3 heterocycles. The normalized spacial score (nSPS) is 16.5. The van der Waals surface area contributed by atoms with Gasteiger partial charge in [0, 0.05) is 31.0 Å². The van der Waals surface area contributed by atoms with Gasteiger partial charge < -0.3 is 19.7 Å². The molecular weight excluding hydrogens is 442 g/mol. The van der Waals surface area contributed by atoms with Crippen LogP contribution in [-0.2, 0) is 38.3 Å². The summed E-state index contributed by atoms with van der Waals surface area (Å²) in [5, 5.41) is 3.42. The molecule has 1 atom stereocenters. The van der Waals surface area contributed by atoms with E-state index in [0.29, 0.717) is 12.3 Å². The number of methoxy groups -OCH3 is 1. The van der Waals surface area contributed by atoms with Crippen LogP contribution in [0.15, 0.2) is 36.4 Å². The molecule has 1 saturated heterocycles. The smallest absolute Gasteiger partial charge is 0.309 e. The molecule has 0 amide bonds. The van der Waals surface area contributed by atoms with Crippen molar-refractivity contribution in [2.75, 3.05) is 37.0 Å². The summed E-state index contributed by atoms with van der Waals surface area (Å²) in [5.74, 6) is 0.323. The average molecular weight is 480 g/mol. The van der Waals surface area contributed by atoms with E-state index in [0.717, 1.165) is 49.6 Å². The molecule has 4 rings (SSSR count). The molecular formula is C28H37N3O4. The highest BCUT2D eigenvalue weighted by Crippen LogP contribution is 2.29. The molecule has 0 saturated carbocycles. The van der Waals surface area contributed by atoms with Crippen LogP contribution in [0.5, 0.6) is 0 Å². The van der Waals surface area contributed by atoms with E-state index in [1.807, 2.05) is 32.9 Å². The van der Waals surface area contributed by atoms with Crippen molar-refractivity contribution in [3.63, 3.8) is 0 Å². The Morgan fingerprint density at radius 1 is 1.14 bits per heavy atom. The van der Waals surface area contributed by atoms with Gasteiger partial charge in [0.2, 0.25) is 0 Å². The van der Waals surface area contributed by atoms with Crippen LogP contribution in [0.4, 0.5) is 11.5 Å². The fourth-order valence-electron chi connectivity index (χ4n) is 4.81. The predicted molar refractivity (Wildman–Crippen MR) is 137 cm³/mol. The zero-order valence-electron chi connectivity index (χ0n) is 21.3.